The van der Waals surface area contributed by atoms with Gasteiger partial charge < -0.3 is 9.72 Å². The van der Waals surface area contributed by atoms with Crippen LogP contribution in [-0.4, -0.2) is 27.8 Å². The van der Waals surface area contributed by atoms with Crippen molar-refractivity contribution in [2.24, 2.45) is 0 Å². The predicted molar refractivity (Wildman–Crippen MR) is 107 cm³/mol. The van der Waals surface area contributed by atoms with Gasteiger partial charge in [0.25, 0.3) is 0 Å². The van der Waals surface area contributed by atoms with E-state index >= 15 is 0 Å². The number of aromatic nitrogens is 2. The fourth-order valence-electron chi connectivity index (χ4n) is 2.84. The second-order valence-corrected chi connectivity index (χ2v) is 7.85. The first-order chi connectivity index (χ1) is 13.1. The maximum atomic E-state index is 12.7. The number of Topliss-reactive ketones (excluding diaryl/α,β-unsaturated/α-hetero) is 1. The Morgan fingerprint density at radius 2 is 2.04 bits per heavy atom. The van der Waals surface area contributed by atoms with Gasteiger partial charge in [0.05, 0.1) is 17.0 Å². The molecular weight excluding hydrogens is 380 g/mol. The number of aromatic amines is 1. The van der Waals surface area contributed by atoms with Crippen molar-refractivity contribution in [3.8, 4) is 9.88 Å². The maximum Gasteiger partial charge on any atom is 0.312 e. The summed E-state index contributed by atoms with van der Waals surface area (Å²) >= 11 is 3.10. The Hall–Kier alpha value is -2.77. The van der Waals surface area contributed by atoms with E-state index in [1.54, 1.807) is 24.5 Å². The Balaban J connectivity index is 1.41. The van der Waals surface area contributed by atoms with Crippen LogP contribution in [-0.2, 0) is 16.0 Å². The lowest BCUT2D eigenvalue weighted by Crippen LogP contribution is -2.25. The molecule has 136 valence electrons. The van der Waals surface area contributed by atoms with E-state index in [9.17, 15) is 9.59 Å². The number of H-pyrrole nitrogens is 1. The first kappa shape index (κ1) is 17.6. The quantitative estimate of drug-likeness (QED) is 0.378. The minimum atomic E-state index is -0.855. The third-order valence-electron chi connectivity index (χ3n) is 4.14. The van der Waals surface area contributed by atoms with E-state index in [0.717, 1.165) is 20.8 Å². The van der Waals surface area contributed by atoms with Gasteiger partial charge in [0.2, 0.25) is 5.78 Å². The summed E-state index contributed by atoms with van der Waals surface area (Å²) in [5.41, 5.74) is 2.06. The van der Waals surface area contributed by atoms with Gasteiger partial charge in [-0.2, -0.15) is 0 Å². The van der Waals surface area contributed by atoms with Crippen molar-refractivity contribution >= 4 is 45.3 Å². The summed E-state index contributed by atoms with van der Waals surface area (Å²) in [6.45, 7) is 1.60. The highest BCUT2D eigenvalue weighted by molar-refractivity contribution is 7.20. The molecule has 0 fully saturated rings. The van der Waals surface area contributed by atoms with Crippen LogP contribution in [0, 0.1) is 0 Å². The number of nitrogens with one attached hydrogen (secondary N) is 1. The van der Waals surface area contributed by atoms with Crippen LogP contribution in [0.1, 0.15) is 23.0 Å². The summed E-state index contributed by atoms with van der Waals surface area (Å²) in [4.78, 5) is 33.5. The van der Waals surface area contributed by atoms with Gasteiger partial charge in [-0.1, -0.05) is 24.3 Å². The van der Waals surface area contributed by atoms with E-state index in [1.807, 2.05) is 47.2 Å². The molecule has 4 rings (SSSR count). The minimum absolute atomic E-state index is 0.0490. The predicted octanol–water partition coefficient (Wildman–Crippen LogP) is 4.71. The Morgan fingerprint density at radius 1 is 1.19 bits per heavy atom. The highest BCUT2D eigenvalue weighted by Crippen LogP contribution is 2.28. The number of esters is 1. The molecule has 0 aliphatic heterocycles. The Kier molecular flexibility index (Phi) is 4.87. The van der Waals surface area contributed by atoms with Crippen molar-refractivity contribution in [2.45, 2.75) is 19.4 Å². The zero-order valence-electron chi connectivity index (χ0n) is 14.5. The molecule has 1 atom stereocenters. The molecule has 7 heteroatoms. The molecule has 0 radical (unpaired) electrons. The zero-order valence-corrected chi connectivity index (χ0v) is 16.1. The fraction of sp³-hybridized carbons (Fsp3) is 0.150. The van der Waals surface area contributed by atoms with Crippen LogP contribution in [0.15, 0.2) is 53.4 Å². The molecule has 5 nitrogen and oxygen atoms in total. The van der Waals surface area contributed by atoms with Gasteiger partial charge in [-0.05, 0) is 24.4 Å². The minimum Gasteiger partial charge on any atom is -0.454 e. The van der Waals surface area contributed by atoms with E-state index in [0.29, 0.717) is 11.3 Å². The first-order valence-corrected chi connectivity index (χ1v) is 10.2. The van der Waals surface area contributed by atoms with Gasteiger partial charge in [0.15, 0.2) is 6.10 Å². The SMILES string of the molecule is C[C@@H](OC(=O)Cc1csc(-c2cccs2)n1)C(=O)c1c[nH]c2ccccc12. The molecule has 0 saturated carbocycles. The molecule has 0 unspecified atom stereocenters. The van der Waals surface area contributed by atoms with Crippen molar-refractivity contribution in [2.75, 3.05) is 0 Å². The summed E-state index contributed by atoms with van der Waals surface area (Å²) in [7, 11) is 0. The topological polar surface area (TPSA) is 72.0 Å². The first-order valence-electron chi connectivity index (χ1n) is 8.40. The number of thiophene rings is 1. The molecule has 3 aromatic heterocycles. The van der Waals surface area contributed by atoms with Crippen LogP contribution in [0.2, 0.25) is 0 Å². The van der Waals surface area contributed by atoms with Crippen molar-refractivity contribution in [3.05, 3.63) is 64.6 Å². The smallest absolute Gasteiger partial charge is 0.312 e. The second-order valence-electron chi connectivity index (χ2n) is 6.04. The summed E-state index contributed by atoms with van der Waals surface area (Å²) < 4.78 is 5.35. The highest BCUT2D eigenvalue weighted by Gasteiger charge is 2.22. The van der Waals surface area contributed by atoms with Crippen LogP contribution in [0.25, 0.3) is 20.8 Å². The van der Waals surface area contributed by atoms with E-state index in [4.69, 9.17) is 4.74 Å². The molecule has 0 saturated heterocycles. The van der Waals surface area contributed by atoms with Crippen molar-refractivity contribution in [3.63, 3.8) is 0 Å². The summed E-state index contributed by atoms with van der Waals surface area (Å²) in [6.07, 6.45) is 0.852. The Morgan fingerprint density at radius 3 is 2.85 bits per heavy atom. The van der Waals surface area contributed by atoms with Crippen LogP contribution < -0.4 is 0 Å². The summed E-state index contributed by atoms with van der Waals surface area (Å²) in [5, 5.41) is 5.55. The van der Waals surface area contributed by atoms with Gasteiger partial charge >= 0.3 is 5.97 Å². The Bertz CT molecular complexity index is 1100. The number of thiazole rings is 1. The summed E-state index contributed by atoms with van der Waals surface area (Å²) in [5.74, 6) is -0.683. The van der Waals surface area contributed by atoms with Crippen LogP contribution in [0.5, 0.6) is 0 Å². The third kappa shape index (κ3) is 3.70. The summed E-state index contributed by atoms with van der Waals surface area (Å²) in [6, 6.07) is 11.5. The van der Waals surface area contributed by atoms with E-state index in [2.05, 4.69) is 9.97 Å². The normalized spacial score (nSPS) is 12.2. The van der Waals surface area contributed by atoms with Gasteiger partial charge in [-0.15, -0.1) is 22.7 Å². The molecule has 4 aromatic rings. The third-order valence-corrected chi connectivity index (χ3v) is 6.07. The fourth-order valence-corrected chi connectivity index (χ4v) is 4.47. The molecule has 0 aliphatic rings. The van der Waals surface area contributed by atoms with Gasteiger partial charge in [-0.3, -0.25) is 9.59 Å². The number of rotatable bonds is 6. The lowest BCUT2D eigenvalue weighted by molar-refractivity contribution is -0.145. The molecule has 3 heterocycles. The van der Waals surface area contributed by atoms with E-state index < -0.39 is 12.1 Å². The molecule has 1 aromatic carbocycles. The molecular formula is C20H16N2O3S2. The van der Waals surface area contributed by atoms with Crippen LogP contribution in [0.4, 0.5) is 0 Å². The maximum absolute atomic E-state index is 12.7. The molecule has 0 bridgehead atoms. The average molecular weight is 396 g/mol. The van der Waals surface area contributed by atoms with Gasteiger partial charge in [0, 0.05) is 28.0 Å². The number of hydrogen-bond acceptors (Lipinski definition) is 6. The lowest BCUT2D eigenvalue weighted by atomic mass is 10.1. The molecule has 27 heavy (non-hydrogen) atoms. The van der Waals surface area contributed by atoms with Crippen molar-refractivity contribution in [1.29, 1.82) is 0 Å². The number of carbonyl (C=O) groups is 2. The number of carbonyl (C=O) groups excluding carboxylic acids is 2. The number of ether oxygens (including phenoxy) is 1. The number of benzene rings is 1. The standard InChI is InChI=1S/C20H16N2O3S2/c1-12(19(24)15-10-21-16-6-3-2-5-14(15)16)25-18(23)9-13-11-27-20(22-13)17-7-4-8-26-17/h2-8,10-12,21H,9H2,1H3/t12-/m1/s1. The number of hydrogen-bond donors (Lipinski definition) is 1. The van der Waals surface area contributed by atoms with E-state index in [1.165, 1.54) is 11.3 Å². The van der Waals surface area contributed by atoms with Crippen LogP contribution >= 0.6 is 22.7 Å². The number of nitrogens with zero attached hydrogens (tertiary/aromatic N) is 1. The number of ketones is 1. The monoisotopic (exact) mass is 396 g/mol. The molecule has 0 spiro atoms. The number of fused-ring (bicyclic) bond motifs is 1. The second kappa shape index (κ2) is 7.46. The van der Waals surface area contributed by atoms with Gasteiger partial charge in [-0.25, -0.2) is 4.98 Å². The Labute approximate surface area is 163 Å². The van der Waals surface area contributed by atoms with Crippen LogP contribution in [0.3, 0.4) is 0 Å². The molecule has 0 amide bonds. The highest BCUT2D eigenvalue weighted by atomic mass is 32.1. The van der Waals surface area contributed by atoms with Crippen molar-refractivity contribution in [1.82, 2.24) is 9.97 Å². The molecule has 0 aliphatic carbocycles. The van der Waals surface area contributed by atoms with Crippen molar-refractivity contribution < 1.29 is 14.3 Å². The molecule has 1 N–H and O–H groups in total. The largest absolute Gasteiger partial charge is 0.454 e. The van der Waals surface area contributed by atoms with Gasteiger partial charge in [0.1, 0.15) is 5.01 Å². The number of para-hydroxylation sites is 1. The lowest BCUT2D eigenvalue weighted by Gasteiger charge is -2.11. The zero-order chi connectivity index (χ0) is 18.8. The average Bonchev–Trinajstić information content (AvgIpc) is 3.40. The van der Waals surface area contributed by atoms with E-state index in [-0.39, 0.29) is 12.2 Å².